The molecule has 0 saturated heterocycles. The highest BCUT2D eigenvalue weighted by atomic mass is 32.1. The van der Waals surface area contributed by atoms with Crippen molar-refractivity contribution >= 4 is 11.3 Å². The highest BCUT2D eigenvalue weighted by Crippen LogP contribution is 2.32. The van der Waals surface area contributed by atoms with E-state index in [-0.39, 0.29) is 6.10 Å². The molecule has 0 aromatic carbocycles. The molecule has 0 aliphatic heterocycles. The first kappa shape index (κ1) is 9.16. The second-order valence-electron chi connectivity index (χ2n) is 3.80. The summed E-state index contributed by atoms with van der Waals surface area (Å²) in [6, 6.07) is 0. The van der Waals surface area contributed by atoms with E-state index in [0.717, 1.165) is 30.7 Å². The average molecular weight is 197 g/mol. The average Bonchev–Trinajstić information content (AvgIpc) is 2.53. The Labute approximate surface area is 82.6 Å². The Morgan fingerprint density at radius 2 is 2.08 bits per heavy atom. The van der Waals surface area contributed by atoms with Gasteiger partial charge in [0, 0.05) is 11.3 Å². The molecule has 1 saturated carbocycles. The Kier molecular flexibility index (Phi) is 2.65. The van der Waals surface area contributed by atoms with Gasteiger partial charge in [0.2, 0.25) is 0 Å². The maximum absolute atomic E-state index is 9.36. The van der Waals surface area contributed by atoms with E-state index in [1.54, 1.807) is 11.3 Å². The Morgan fingerprint density at radius 3 is 2.62 bits per heavy atom. The maximum Gasteiger partial charge on any atom is 0.0897 e. The van der Waals surface area contributed by atoms with Gasteiger partial charge >= 0.3 is 0 Å². The van der Waals surface area contributed by atoms with Gasteiger partial charge in [-0.15, -0.1) is 11.3 Å². The van der Waals surface area contributed by atoms with Crippen molar-refractivity contribution in [2.24, 2.45) is 0 Å². The monoisotopic (exact) mass is 197 g/mol. The molecule has 1 aromatic heterocycles. The molecule has 72 valence electrons. The number of aliphatic hydroxyl groups is 1. The van der Waals surface area contributed by atoms with Crippen LogP contribution in [0.4, 0.5) is 0 Å². The fourth-order valence-electron chi connectivity index (χ4n) is 1.94. The minimum Gasteiger partial charge on any atom is -0.393 e. The molecular weight excluding hydrogens is 182 g/mol. The van der Waals surface area contributed by atoms with Gasteiger partial charge in [-0.25, -0.2) is 4.98 Å². The normalized spacial score (nSPS) is 29.1. The van der Waals surface area contributed by atoms with E-state index in [4.69, 9.17) is 0 Å². The third kappa shape index (κ3) is 2.09. The molecule has 1 N–H and O–H groups in total. The fraction of sp³-hybridized carbons (Fsp3) is 0.700. The van der Waals surface area contributed by atoms with Gasteiger partial charge < -0.3 is 5.11 Å². The number of aliphatic hydroxyl groups excluding tert-OH is 1. The van der Waals surface area contributed by atoms with Gasteiger partial charge in [-0.05, 0) is 32.6 Å². The number of hydrogen-bond acceptors (Lipinski definition) is 3. The molecule has 1 heterocycles. The van der Waals surface area contributed by atoms with Crippen LogP contribution in [0.5, 0.6) is 0 Å². The Morgan fingerprint density at radius 1 is 1.38 bits per heavy atom. The summed E-state index contributed by atoms with van der Waals surface area (Å²) in [7, 11) is 0. The van der Waals surface area contributed by atoms with E-state index >= 15 is 0 Å². The van der Waals surface area contributed by atoms with Gasteiger partial charge in [-0.3, -0.25) is 0 Å². The second-order valence-corrected chi connectivity index (χ2v) is 4.86. The first-order chi connectivity index (χ1) is 6.25. The van der Waals surface area contributed by atoms with Crippen molar-refractivity contribution in [3.05, 3.63) is 16.1 Å². The van der Waals surface area contributed by atoms with Crippen LogP contribution in [0.15, 0.2) is 5.38 Å². The zero-order valence-corrected chi connectivity index (χ0v) is 8.68. The molecule has 0 atom stereocenters. The van der Waals surface area contributed by atoms with Crippen molar-refractivity contribution in [3.63, 3.8) is 0 Å². The molecule has 0 amide bonds. The predicted octanol–water partition coefficient (Wildman–Crippen LogP) is 2.47. The summed E-state index contributed by atoms with van der Waals surface area (Å²) in [5, 5.41) is 12.7. The SMILES string of the molecule is Cc1nc(C2CCC(O)CC2)cs1. The molecule has 1 aliphatic rings. The van der Waals surface area contributed by atoms with Crippen LogP contribution in [0.2, 0.25) is 0 Å². The summed E-state index contributed by atoms with van der Waals surface area (Å²) in [5.41, 5.74) is 1.24. The lowest BCUT2D eigenvalue weighted by Crippen LogP contribution is -2.17. The smallest absolute Gasteiger partial charge is 0.0897 e. The molecule has 2 rings (SSSR count). The number of aryl methyl sites for hydroxylation is 1. The third-order valence-corrected chi connectivity index (χ3v) is 3.54. The molecule has 1 aliphatic carbocycles. The van der Waals surface area contributed by atoms with Crippen LogP contribution in [0.25, 0.3) is 0 Å². The number of thiazole rings is 1. The lowest BCUT2D eigenvalue weighted by Gasteiger charge is -2.23. The highest BCUT2D eigenvalue weighted by molar-refractivity contribution is 7.09. The maximum atomic E-state index is 9.36. The van der Waals surface area contributed by atoms with Crippen LogP contribution >= 0.6 is 11.3 Å². The van der Waals surface area contributed by atoms with Gasteiger partial charge in [0.05, 0.1) is 16.8 Å². The second kappa shape index (κ2) is 3.76. The van der Waals surface area contributed by atoms with Crippen molar-refractivity contribution in [2.45, 2.75) is 44.6 Å². The molecule has 2 nitrogen and oxygen atoms in total. The first-order valence-corrected chi connectivity index (χ1v) is 5.74. The number of hydrogen-bond donors (Lipinski definition) is 1. The zero-order chi connectivity index (χ0) is 9.26. The molecule has 0 bridgehead atoms. The largest absolute Gasteiger partial charge is 0.393 e. The van der Waals surface area contributed by atoms with Gasteiger partial charge in [0.15, 0.2) is 0 Å². The molecule has 1 fully saturated rings. The van der Waals surface area contributed by atoms with Gasteiger partial charge in [-0.2, -0.15) is 0 Å². The fourth-order valence-corrected chi connectivity index (χ4v) is 2.63. The zero-order valence-electron chi connectivity index (χ0n) is 7.86. The van der Waals surface area contributed by atoms with Gasteiger partial charge in [0.1, 0.15) is 0 Å². The predicted molar refractivity (Wildman–Crippen MR) is 54.1 cm³/mol. The topological polar surface area (TPSA) is 33.1 Å². The van der Waals surface area contributed by atoms with Crippen LogP contribution in [0.3, 0.4) is 0 Å². The summed E-state index contributed by atoms with van der Waals surface area (Å²) in [4.78, 5) is 4.50. The molecule has 0 radical (unpaired) electrons. The summed E-state index contributed by atoms with van der Waals surface area (Å²) in [6.45, 7) is 2.05. The summed E-state index contributed by atoms with van der Waals surface area (Å²) < 4.78 is 0. The molecule has 13 heavy (non-hydrogen) atoms. The Hall–Kier alpha value is -0.410. The lowest BCUT2D eigenvalue weighted by atomic mass is 9.86. The van der Waals surface area contributed by atoms with Crippen LogP contribution in [0.1, 0.15) is 42.3 Å². The quantitative estimate of drug-likeness (QED) is 0.750. The van der Waals surface area contributed by atoms with Crippen LogP contribution < -0.4 is 0 Å². The van der Waals surface area contributed by atoms with Crippen LogP contribution in [-0.2, 0) is 0 Å². The van der Waals surface area contributed by atoms with E-state index in [0.29, 0.717) is 5.92 Å². The van der Waals surface area contributed by atoms with Crippen LogP contribution in [0, 0.1) is 6.92 Å². The molecule has 0 spiro atoms. The van der Waals surface area contributed by atoms with E-state index in [2.05, 4.69) is 10.4 Å². The minimum absolute atomic E-state index is 0.0593. The molecular formula is C10H15NOS. The minimum atomic E-state index is -0.0593. The number of nitrogens with zero attached hydrogens (tertiary/aromatic N) is 1. The summed E-state index contributed by atoms with van der Waals surface area (Å²) >= 11 is 1.73. The van der Waals surface area contributed by atoms with Crippen molar-refractivity contribution in [1.29, 1.82) is 0 Å². The van der Waals surface area contributed by atoms with E-state index < -0.39 is 0 Å². The van der Waals surface area contributed by atoms with Gasteiger partial charge in [-0.1, -0.05) is 0 Å². The van der Waals surface area contributed by atoms with Crippen molar-refractivity contribution in [2.75, 3.05) is 0 Å². The molecule has 0 unspecified atom stereocenters. The van der Waals surface area contributed by atoms with Crippen molar-refractivity contribution in [3.8, 4) is 0 Å². The third-order valence-electron chi connectivity index (χ3n) is 2.75. The van der Waals surface area contributed by atoms with E-state index in [9.17, 15) is 5.11 Å². The molecule has 1 aromatic rings. The first-order valence-electron chi connectivity index (χ1n) is 4.86. The summed E-state index contributed by atoms with van der Waals surface area (Å²) in [6.07, 6.45) is 4.04. The molecule has 3 heteroatoms. The van der Waals surface area contributed by atoms with E-state index in [1.165, 1.54) is 5.69 Å². The van der Waals surface area contributed by atoms with E-state index in [1.807, 2.05) is 6.92 Å². The Bertz CT molecular complexity index is 276. The van der Waals surface area contributed by atoms with Crippen molar-refractivity contribution in [1.82, 2.24) is 4.98 Å². The standard InChI is InChI=1S/C10H15NOS/c1-7-11-10(6-13-7)8-2-4-9(12)5-3-8/h6,8-9,12H,2-5H2,1H3. The number of aromatic nitrogens is 1. The highest BCUT2D eigenvalue weighted by Gasteiger charge is 2.22. The number of rotatable bonds is 1. The van der Waals surface area contributed by atoms with Crippen molar-refractivity contribution < 1.29 is 5.11 Å². The Balaban J connectivity index is 2.02. The lowest BCUT2D eigenvalue weighted by molar-refractivity contribution is 0.122. The van der Waals surface area contributed by atoms with Gasteiger partial charge in [0.25, 0.3) is 0 Å². The summed E-state index contributed by atoms with van der Waals surface area (Å²) in [5.74, 6) is 0.605. The van der Waals surface area contributed by atoms with Crippen LogP contribution in [-0.4, -0.2) is 16.2 Å².